The fourth-order valence-electron chi connectivity index (χ4n) is 1.41. The van der Waals surface area contributed by atoms with Gasteiger partial charge in [0.2, 0.25) is 0 Å². The van der Waals surface area contributed by atoms with E-state index in [1.807, 2.05) is 6.07 Å². The summed E-state index contributed by atoms with van der Waals surface area (Å²) < 4.78 is 0. The number of halogens is 1. The molecule has 0 bridgehead atoms. The van der Waals surface area contributed by atoms with Crippen LogP contribution in [0.4, 0.5) is 0 Å². The average molecular weight is 224 g/mol. The molecule has 0 aliphatic rings. The largest absolute Gasteiger partial charge is 0.481 e. The molecule has 0 spiro atoms. The molecule has 0 radical (unpaired) electrons. The van der Waals surface area contributed by atoms with E-state index in [9.17, 15) is 4.79 Å². The van der Waals surface area contributed by atoms with Crippen LogP contribution in [0.1, 0.15) is 18.9 Å². The lowest BCUT2D eigenvalue weighted by Crippen LogP contribution is -2.24. The number of benzene rings is 1. The van der Waals surface area contributed by atoms with E-state index >= 15 is 0 Å². The molecule has 0 amide bonds. The SMILES string of the molecule is CC(C#N)(CC(=O)O)c1ccccc1Cl. The number of carboxylic acid groups (broad SMARTS) is 1. The molecule has 1 aromatic carbocycles. The van der Waals surface area contributed by atoms with Gasteiger partial charge in [0.15, 0.2) is 0 Å². The molecule has 4 heteroatoms. The van der Waals surface area contributed by atoms with Crippen LogP contribution < -0.4 is 0 Å². The van der Waals surface area contributed by atoms with Gasteiger partial charge >= 0.3 is 5.97 Å². The lowest BCUT2D eigenvalue weighted by Gasteiger charge is -2.20. The molecule has 0 fully saturated rings. The van der Waals surface area contributed by atoms with E-state index in [0.29, 0.717) is 10.6 Å². The molecule has 15 heavy (non-hydrogen) atoms. The van der Waals surface area contributed by atoms with Gasteiger partial charge in [-0.1, -0.05) is 29.8 Å². The van der Waals surface area contributed by atoms with E-state index in [0.717, 1.165) is 0 Å². The van der Waals surface area contributed by atoms with Crippen molar-refractivity contribution in [3.63, 3.8) is 0 Å². The van der Waals surface area contributed by atoms with Crippen molar-refractivity contribution < 1.29 is 9.90 Å². The Morgan fingerprint density at radius 3 is 2.67 bits per heavy atom. The number of carboxylic acids is 1. The number of nitriles is 1. The maximum Gasteiger partial charge on any atom is 0.305 e. The summed E-state index contributed by atoms with van der Waals surface area (Å²) in [4.78, 5) is 10.7. The van der Waals surface area contributed by atoms with Crippen LogP contribution in [0.25, 0.3) is 0 Å². The monoisotopic (exact) mass is 223 g/mol. The number of hydrogen-bond donors (Lipinski definition) is 1. The third-order valence-corrected chi connectivity index (χ3v) is 2.55. The van der Waals surface area contributed by atoms with Crippen molar-refractivity contribution in [2.45, 2.75) is 18.8 Å². The summed E-state index contributed by atoms with van der Waals surface area (Å²) >= 11 is 5.93. The van der Waals surface area contributed by atoms with Crippen molar-refractivity contribution in [3.8, 4) is 6.07 Å². The van der Waals surface area contributed by atoms with Crippen LogP contribution in [-0.2, 0) is 10.2 Å². The van der Waals surface area contributed by atoms with Gasteiger partial charge < -0.3 is 5.11 Å². The second-order valence-electron chi connectivity index (χ2n) is 3.49. The highest BCUT2D eigenvalue weighted by Crippen LogP contribution is 2.32. The molecule has 0 saturated carbocycles. The minimum absolute atomic E-state index is 0.257. The Balaban J connectivity index is 3.18. The average Bonchev–Trinajstić information content (AvgIpc) is 2.17. The molecule has 1 atom stereocenters. The minimum atomic E-state index is -1.08. The Labute approximate surface area is 92.9 Å². The quantitative estimate of drug-likeness (QED) is 0.857. The van der Waals surface area contributed by atoms with E-state index in [1.54, 1.807) is 31.2 Å². The Morgan fingerprint density at radius 1 is 1.60 bits per heavy atom. The number of rotatable bonds is 3. The number of carbonyl (C=O) groups is 1. The van der Waals surface area contributed by atoms with Crippen molar-refractivity contribution in [1.82, 2.24) is 0 Å². The second kappa shape index (κ2) is 4.33. The van der Waals surface area contributed by atoms with Crippen molar-refractivity contribution >= 4 is 17.6 Å². The molecule has 3 nitrogen and oxygen atoms in total. The lowest BCUT2D eigenvalue weighted by molar-refractivity contribution is -0.137. The van der Waals surface area contributed by atoms with Crippen LogP contribution in [0.5, 0.6) is 0 Å². The standard InChI is InChI=1S/C11H10ClNO2/c1-11(7-13,6-10(14)15)8-4-2-3-5-9(8)12/h2-5H,6H2,1H3,(H,14,15). The topological polar surface area (TPSA) is 61.1 Å². The zero-order chi connectivity index (χ0) is 11.5. The smallest absolute Gasteiger partial charge is 0.305 e. The van der Waals surface area contributed by atoms with Crippen LogP contribution in [0.2, 0.25) is 5.02 Å². The van der Waals surface area contributed by atoms with Gasteiger partial charge in [-0.05, 0) is 18.6 Å². The summed E-state index contributed by atoms with van der Waals surface area (Å²) in [5.74, 6) is -1.01. The minimum Gasteiger partial charge on any atom is -0.481 e. The Bertz CT molecular complexity index is 425. The van der Waals surface area contributed by atoms with Crippen molar-refractivity contribution in [3.05, 3.63) is 34.9 Å². The first-order valence-electron chi connectivity index (χ1n) is 4.37. The van der Waals surface area contributed by atoms with Gasteiger partial charge in [0, 0.05) is 5.02 Å². The molecular formula is C11H10ClNO2. The molecule has 1 aromatic rings. The van der Waals surface area contributed by atoms with Gasteiger partial charge in [-0.2, -0.15) is 5.26 Å². The van der Waals surface area contributed by atoms with E-state index in [1.165, 1.54) is 0 Å². The summed E-state index contributed by atoms with van der Waals surface area (Å²) in [6.07, 6.45) is -0.257. The molecule has 1 unspecified atom stereocenters. The van der Waals surface area contributed by atoms with Gasteiger partial charge in [0.1, 0.15) is 0 Å². The predicted molar refractivity (Wildman–Crippen MR) is 56.7 cm³/mol. The maximum absolute atomic E-state index is 10.7. The highest BCUT2D eigenvalue weighted by molar-refractivity contribution is 6.31. The lowest BCUT2D eigenvalue weighted by atomic mass is 9.81. The first-order chi connectivity index (χ1) is 6.99. The third-order valence-electron chi connectivity index (χ3n) is 2.22. The number of nitrogens with zero attached hydrogens (tertiary/aromatic N) is 1. The van der Waals surface area contributed by atoms with Gasteiger partial charge in [-0.15, -0.1) is 0 Å². The van der Waals surface area contributed by atoms with Gasteiger partial charge in [-0.3, -0.25) is 4.79 Å². The summed E-state index contributed by atoms with van der Waals surface area (Å²) in [7, 11) is 0. The van der Waals surface area contributed by atoms with Crippen molar-refractivity contribution in [2.75, 3.05) is 0 Å². The Kier molecular flexibility index (Phi) is 3.33. The van der Waals surface area contributed by atoms with E-state index < -0.39 is 11.4 Å². The molecule has 0 heterocycles. The van der Waals surface area contributed by atoms with Crippen LogP contribution in [0, 0.1) is 11.3 Å². The van der Waals surface area contributed by atoms with E-state index in [4.69, 9.17) is 22.0 Å². The second-order valence-corrected chi connectivity index (χ2v) is 3.90. The Hall–Kier alpha value is -1.53. The molecule has 1 N–H and O–H groups in total. The van der Waals surface area contributed by atoms with Gasteiger partial charge in [0.05, 0.1) is 17.9 Å². The highest BCUT2D eigenvalue weighted by Gasteiger charge is 2.31. The van der Waals surface area contributed by atoms with Crippen LogP contribution in [0.3, 0.4) is 0 Å². The highest BCUT2D eigenvalue weighted by atomic mass is 35.5. The van der Waals surface area contributed by atoms with Crippen LogP contribution >= 0.6 is 11.6 Å². The van der Waals surface area contributed by atoms with Crippen molar-refractivity contribution in [2.24, 2.45) is 0 Å². The molecule has 1 rings (SSSR count). The summed E-state index contributed by atoms with van der Waals surface area (Å²) in [6, 6.07) is 8.80. The molecular weight excluding hydrogens is 214 g/mol. The molecule has 78 valence electrons. The Morgan fingerprint density at radius 2 is 2.20 bits per heavy atom. The van der Waals surface area contributed by atoms with Crippen LogP contribution in [0.15, 0.2) is 24.3 Å². The van der Waals surface area contributed by atoms with Crippen molar-refractivity contribution in [1.29, 1.82) is 5.26 Å². The molecule has 0 aromatic heterocycles. The summed E-state index contributed by atoms with van der Waals surface area (Å²) in [5.41, 5.74) is -0.527. The molecule has 0 aliphatic carbocycles. The fourth-order valence-corrected chi connectivity index (χ4v) is 1.75. The number of aliphatic carboxylic acids is 1. The summed E-state index contributed by atoms with van der Waals surface area (Å²) in [5, 5.41) is 18.2. The fraction of sp³-hybridized carbons (Fsp3) is 0.273. The molecule has 0 aliphatic heterocycles. The molecule has 0 saturated heterocycles. The van der Waals surface area contributed by atoms with Gasteiger partial charge in [-0.25, -0.2) is 0 Å². The maximum atomic E-state index is 10.7. The van der Waals surface area contributed by atoms with E-state index in [2.05, 4.69) is 0 Å². The normalized spacial score (nSPS) is 13.9. The summed E-state index contributed by atoms with van der Waals surface area (Å²) in [6.45, 7) is 1.57. The predicted octanol–water partition coefficient (Wildman–Crippen LogP) is 2.60. The van der Waals surface area contributed by atoms with Crippen LogP contribution in [-0.4, -0.2) is 11.1 Å². The number of hydrogen-bond acceptors (Lipinski definition) is 2. The van der Waals surface area contributed by atoms with E-state index in [-0.39, 0.29) is 6.42 Å². The zero-order valence-electron chi connectivity index (χ0n) is 8.20. The first-order valence-corrected chi connectivity index (χ1v) is 4.75. The third kappa shape index (κ3) is 2.48. The first kappa shape index (κ1) is 11.5. The zero-order valence-corrected chi connectivity index (χ0v) is 8.95. The van der Waals surface area contributed by atoms with Gasteiger partial charge in [0.25, 0.3) is 0 Å².